The van der Waals surface area contributed by atoms with Crippen LogP contribution < -0.4 is 15.0 Å². The molecule has 0 bridgehead atoms. The zero-order valence-electron chi connectivity index (χ0n) is 19.7. The van der Waals surface area contributed by atoms with Crippen LogP contribution in [0.2, 0.25) is 0 Å². The molecule has 0 fully saturated rings. The van der Waals surface area contributed by atoms with E-state index < -0.39 is 10.0 Å². The summed E-state index contributed by atoms with van der Waals surface area (Å²) in [5.74, 6) is 0.270. The third-order valence-electron chi connectivity index (χ3n) is 6.13. The molecule has 1 aromatic heterocycles. The van der Waals surface area contributed by atoms with Gasteiger partial charge in [0.05, 0.1) is 23.3 Å². The van der Waals surface area contributed by atoms with Crippen LogP contribution in [-0.4, -0.2) is 31.7 Å². The lowest BCUT2D eigenvalue weighted by Crippen LogP contribution is -2.76. The van der Waals surface area contributed by atoms with Gasteiger partial charge in [-0.05, 0) is 49.6 Å². The zero-order valence-corrected chi connectivity index (χ0v) is 20.5. The maximum absolute atomic E-state index is 13.4. The summed E-state index contributed by atoms with van der Waals surface area (Å²) in [5, 5.41) is 3.59. The Labute approximate surface area is 210 Å². The predicted molar refractivity (Wildman–Crippen MR) is 141 cm³/mol. The van der Waals surface area contributed by atoms with Crippen LogP contribution in [0.4, 0.5) is 5.69 Å². The quantitative estimate of drug-likeness (QED) is 0.391. The SMILES string of the molecule is O=C(Nc1cccc(S(=O)(=O)NC2=[NH+]CCCCC2)c1)c1cc(-c2ccccc2)nc2ccccc12. The second-order valence-electron chi connectivity index (χ2n) is 8.74. The van der Waals surface area contributed by atoms with Gasteiger partial charge in [-0.3, -0.25) is 9.79 Å². The Balaban J connectivity index is 1.44. The van der Waals surface area contributed by atoms with Crippen molar-refractivity contribution in [1.29, 1.82) is 0 Å². The van der Waals surface area contributed by atoms with Crippen LogP contribution in [0.5, 0.6) is 0 Å². The molecule has 3 aromatic carbocycles. The van der Waals surface area contributed by atoms with Gasteiger partial charge in [-0.1, -0.05) is 54.6 Å². The fourth-order valence-corrected chi connectivity index (χ4v) is 5.46. The van der Waals surface area contributed by atoms with E-state index in [1.165, 1.54) is 12.1 Å². The van der Waals surface area contributed by atoms with Gasteiger partial charge >= 0.3 is 10.0 Å². The number of nitrogens with one attached hydrogen (secondary N) is 3. The second-order valence-corrected chi connectivity index (χ2v) is 10.4. The maximum Gasteiger partial charge on any atom is 0.328 e. The van der Waals surface area contributed by atoms with E-state index in [0.717, 1.165) is 36.8 Å². The summed E-state index contributed by atoms with van der Waals surface area (Å²) < 4.78 is 28.7. The fourth-order valence-electron chi connectivity index (χ4n) is 4.30. The molecule has 0 saturated heterocycles. The van der Waals surface area contributed by atoms with Crippen molar-refractivity contribution in [2.24, 2.45) is 0 Å². The Kier molecular flexibility index (Phi) is 6.77. The van der Waals surface area contributed by atoms with E-state index in [2.05, 4.69) is 15.0 Å². The number of aromatic nitrogens is 1. The number of carbonyl (C=O) groups excluding carboxylic acids is 1. The molecule has 1 aliphatic heterocycles. The number of sulfonamides is 1. The minimum atomic E-state index is -3.79. The van der Waals surface area contributed by atoms with Crippen molar-refractivity contribution < 1.29 is 18.2 Å². The highest BCUT2D eigenvalue weighted by molar-refractivity contribution is 7.90. The summed E-state index contributed by atoms with van der Waals surface area (Å²) in [6, 6.07) is 25.2. The summed E-state index contributed by atoms with van der Waals surface area (Å²) in [7, 11) is -3.79. The molecule has 7 nitrogen and oxygen atoms in total. The van der Waals surface area contributed by atoms with Gasteiger partial charge in [0.1, 0.15) is 4.90 Å². The minimum Gasteiger partial charge on any atom is -0.322 e. The van der Waals surface area contributed by atoms with Crippen molar-refractivity contribution in [3.05, 3.63) is 90.5 Å². The largest absolute Gasteiger partial charge is 0.328 e. The number of hydrogen-bond donors (Lipinski definition) is 3. The van der Waals surface area contributed by atoms with Gasteiger partial charge < -0.3 is 5.32 Å². The van der Waals surface area contributed by atoms with Crippen molar-refractivity contribution in [3.8, 4) is 11.3 Å². The lowest BCUT2D eigenvalue weighted by Gasteiger charge is -2.11. The zero-order chi connectivity index (χ0) is 25.0. The Hall–Kier alpha value is -4.04. The fraction of sp³-hybridized carbons (Fsp3) is 0.179. The molecular weight excluding hydrogens is 472 g/mol. The number of rotatable bonds is 5. The van der Waals surface area contributed by atoms with Crippen LogP contribution in [-0.2, 0) is 10.0 Å². The van der Waals surface area contributed by atoms with E-state index in [0.29, 0.717) is 34.7 Å². The second kappa shape index (κ2) is 10.3. The van der Waals surface area contributed by atoms with Crippen LogP contribution in [0.3, 0.4) is 0 Å². The molecule has 5 rings (SSSR count). The van der Waals surface area contributed by atoms with E-state index in [-0.39, 0.29) is 10.8 Å². The van der Waals surface area contributed by atoms with Gasteiger partial charge in [0.15, 0.2) is 0 Å². The topological polar surface area (TPSA) is 102 Å². The molecule has 0 atom stereocenters. The van der Waals surface area contributed by atoms with Crippen molar-refractivity contribution in [1.82, 2.24) is 9.71 Å². The van der Waals surface area contributed by atoms with Crippen LogP contribution >= 0.6 is 0 Å². The van der Waals surface area contributed by atoms with E-state index in [4.69, 9.17) is 4.98 Å². The molecule has 0 unspecified atom stereocenters. The Bertz CT molecular complexity index is 1550. The van der Waals surface area contributed by atoms with E-state index >= 15 is 0 Å². The number of nitrogens with zero attached hydrogens (tertiary/aromatic N) is 1. The Morgan fingerprint density at radius 1 is 0.861 bits per heavy atom. The molecule has 0 aliphatic carbocycles. The highest BCUT2D eigenvalue weighted by Gasteiger charge is 2.24. The normalized spacial score (nSPS) is 14.1. The van der Waals surface area contributed by atoms with Crippen LogP contribution in [0.25, 0.3) is 22.2 Å². The summed E-state index contributed by atoms with van der Waals surface area (Å²) in [6.45, 7) is 0.749. The molecule has 36 heavy (non-hydrogen) atoms. The van der Waals surface area contributed by atoms with E-state index in [1.54, 1.807) is 18.2 Å². The molecule has 0 spiro atoms. The third-order valence-corrected chi connectivity index (χ3v) is 7.52. The first-order valence-corrected chi connectivity index (χ1v) is 13.5. The molecule has 1 amide bonds. The minimum absolute atomic E-state index is 0.0865. The predicted octanol–water partition coefficient (Wildman–Crippen LogP) is 3.49. The number of hydrogen-bond acceptors (Lipinski definition) is 4. The number of para-hydroxylation sites is 1. The molecule has 0 saturated carbocycles. The lowest BCUT2D eigenvalue weighted by molar-refractivity contribution is -0.459. The summed E-state index contributed by atoms with van der Waals surface area (Å²) in [6.07, 6.45) is 3.68. The van der Waals surface area contributed by atoms with Gasteiger partial charge in [-0.2, -0.15) is 13.1 Å². The number of anilines is 1. The third kappa shape index (κ3) is 5.28. The van der Waals surface area contributed by atoms with Gasteiger partial charge in [0.2, 0.25) is 0 Å². The van der Waals surface area contributed by atoms with Gasteiger partial charge in [0.25, 0.3) is 11.7 Å². The molecule has 8 heteroatoms. The first-order valence-electron chi connectivity index (χ1n) is 12.0. The van der Waals surface area contributed by atoms with Gasteiger partial charge in [-0.15, -0.1) is 0 Å². The van der Waals surface area contributed by atoms with E-state index in [9.17, 15) is 13.2 Å². The number of carbonyl (C=O) groups is 1. The number of benzene rings is 3. The number of amidine groups is 1. The average Bonchev–Trinajstić information content (AvgIpc) is 3.17. The smallest absolute Gasteiger partial charge is 0.322 e. The highest BCUT2D eigenvalue weighted by atomic mass is 32.2. The molecule has 3 N–H and O–H groups in total. The summed E-state index contributed by atoms with van der Waals surface area (Å²) >= 11 is 0. The van der Waals surface area contributed by atoms with Crippen molar-refractivity contribution in [2.45, 2.75) is 30.6 Å². The van der Waals surface area contributed by atoms with Crippen LogP contribution in [0.15, 0.2) is 89.8 Å². The van der Waals surface area contributed by atoms with Crippen molar-refractivity contribution in [2.75, 3.05) is 11.9 Å². The molecule has 2 heterocycles. The van der Waals surface area contributed by atoms with Crippen LogP contribution in [0, 0.1) is 0 Å². The monoisotopic (exact) mass is 499 g/mol. The lowest BCUT2D eigenvalue weighted by atomic mass is 10.0. The number of amides is 1. The first kappa shape index (κ1) is 23.7. The molecule has 0 radical (unpaired) electrons. The molecular formula is C28H27N4O3S+. The van der Waals surface area contributed by atoms with Crippen molar-refractivity contribution >= 4 is 38.4 Å². The number of pyridine rings is 1. The summed E-state index contributed by atoms with van der Waals surface area (Å²) in [4.78, 5) is 21.4. The van der Waals surface area contributed by atoms with Gasteiger partial charge in [0, 0.05) is 23.1 Å². The first-order chi connectivity index (χ1) is 17.5. The van der Waals surface area contributed by atoms with Crippen molar-refractivity contribution in [3.63, 3.8) is 0 Å². The Morgan fingerprint density at radius 2 is 1.67 bits per heavy atom. The van der Waals surface area contributed by atoms with Crippen LogP contribution in [0.1, 0.15) is 36.0 Å². The highest BCUT2D eigenvalue weighted by Crippen LogP contribution is 2.26. The number of fused-ring (bicyclic) bond motifs is 1. The standard InChI is InChI=1S/C28H26N4O3S/c33-28(24-19-26(20-10-3-1-4-11-20)31-25-15-7-6-14-23(24)25)30-21-12-9-13-22(18-21)36(34,35)32-27-16-5-2-8-17-29-27/h1,3-4,6-7,9-15,18-19H,2,5,8,16-17H2,(H,29,32)(H,30,33)/p+1. The average molecular weight is 500 g/mol. The Morgan fingerprint density at radius 3 is 2.53 bits per heavy atom. The maximum atomic E-state index is 13.4. The van der Waals surface area contributed by atoms with E-state index in [1.807, 2.05) is 54.6 Å². The molecule has 4 aromatic rings. The molecule has 1 aliphatic rings. The summed E-state index contributed by atoms with van der Waals surface area (Å²) in [5.41, 5.74) is 3.15. The van der Waals surface area contributed by atoms with Gasteiger partial charge in [-0.25, -0.2) is 4.98 Å². The molecule has 182 valence electrons.